The third-order valence-electron chi connectivity index (χ3n) is 1.95. The topological polar surface area (TPSA) is 69.4 Å². The molecule has 0 fully saturated rings. The van der Waals surface area contributed by atoms with Gasteiger partial charge in [-0.05, 0) is 12.5 Å². The maximum absolute atomic E-state index is 11.2. The largest absolute Gasteiger partial charge is 0.455 e. The standard InChI is InChI=1S/C12H15NO3/c1-9(13)7-11(14)12(15)16-8-10-5-3-2-4-6-10/h2-6,9H,7-8,13H2,1H3. The Balaban J connectivity index is 2.38. The summed E-state index contributed by atoms with van der Waals surface area (Å²) in [5, 5.41) is 0. The first-order valence-electron chi connectivity index (χ1n) is 5.09. The zero-order valence-corrected chi connectivity index (χ0v) is 9.18. The number of esters is 1. The zero-order valence-electron chi connectivity index (χ0n) is 9.18. The van der Waals surface area contributed by atoms with Gasteiger partial charge >= 0.3 is 5.97 Å². The molecule has 0 bridgehead atoms. The summed E-state index contributed by atoms with van der Waals surface area (Å²) in [6, 6.07) is 8.87. The van der Waals surface area contributed by atoms with E-state index in [1.807, 2.05) is 30.3 Å². The van der Waals surface area contributed by atoms with Crippen molar-refractivity contribution in [2.75, 3.05) is 0 Å². The number of hydrogen-bond donors (Lipinski definition) is 1. The van der Waals surface area contributed by atoms with Crippen LogP contribution in [0.1, 0.15) is 18.9 Å². The summed E-state index contributed by atoms with van der Waals surface area (Å²) < 4.78 is 4.85. The van der Waals surface area contributed by atoms with Gasteiger partial charge in [0.15, 0.2) is 0 Å². The molecule has 0 heterocycles. The quantitative estimate of drug-likeness (QED) is 0.595. The molecular weight excluding hydrogens is 206 g/mol. The summed E-state index contributed by atoms with van der Waals surface area (Å²) in [7, 11) is 0. The molecule has 4 heteroatoms. The second-order valence-corrected chi connectivity index (χ2v) is 3.67. The van der Waals surface area contributed by atoms with Gasteiger partial charge in [0.25, 0.3) is 0 Å². The van der Waals surface area contributed by atoms with Crippen molar-refractivity contribution in [1.82, 2.24) is 0 Å². The minimum absolute atomic E-state index is 0.0215. The van der Waals surface area contributed by atoms with Crippen LogP contribution >= 0.6 is 0 Å². The molecule has 1 aromatic rings. The van der Waals surface area contributed by atoms with Crippen molar-refractivity contribution < 1.29 is 14.3 Å². The monoisotopic (exact) mass is 221 g/mol. The van der Waals surface area contributed by atoms with Crippen molar-refractivity contribution in [2.24, 2.45) is 5.73 Å². The fourth-order valence-corrected chi connectivity index (χ4v) is 1.18. The van der Waals surface area contributed by atoms with Crippen molar-refractivity contribution in [2.45, 2.75) is 26.0 Å². The van der Waals surface area contributed by atoms with Crippen LogP contribution in [-0.2, 0) is 20.9 Å². The fraction of sp³-hybridized carbons (Fsp3) is 0.333. The molecule has 0 aliphatic carbocycles. The number of hydrogen-bond acceptors (Lipinski definition) is 4. The lowest BCUT2D eigenvalue weighted by atomic mass is 10.2. The van der Waals surface area contributed by atoms with Gasteiger partial charge in [-0.15, -0.1) is 0 Å². The van der Waals surface area contributed by atoms with Gasteiger partial charge < -0.3 is 10.5 Å². The Kier molecular flexibility index (Phi) is 4.66. The van der Waals surface area contributed by atoms with Crippen LogP contribution in [0.2, 0.25) is 0 Å². The number of Topliss-reactive ketones (excluding diaryl/α,β-unsaturated/α-hetero) is 1. The van der Waals surface area contributed by atoms with Crippen LogP contribution in [0.4, 0.5) is 0 Å². The number of rotatable bonds is 5. The second kappa shape index (κ2) is 6.02. The average molecular weight is 221 g/mol. The van der Waals surface area contributed by atoms with Crippen molar-refractivity contribution in [3.05, 3.63) is 35.9 Å². The Labute approximate surface area is 94.4 Å². The lowest BCUT2D eigenvalue weighted by Gasteiger charge is -2.05. The van der Waals surface area contributed by atoms with Gasteiger partial charge in [0.1, 0.15) is 6.61 Å². The van der Waals surface area contributed by atoms with Crippen molar-refractivity contribution in [3.63, 3.8) is 0 Å². The maximum atomic E-state index is 11.2. The highest BCUT2D eigenvalue weighted by Gasteiger charge is 2.16. The molecular formula is C12H15NO3. The Hall–Kier alpha value is -1.68. The van der Waals surface area contributed by atoms with Crippen LogP contribution in [0, 0.1) is 0 Å². The normalized spacial score (nSPS) is 11.9. The molecule has 0 saturated heterocycles. The van der Waals surface area contributed by atoms with Gasteiger partial charge in [0.2, 0.25) is 5.78 Å². The fourth-order valence-electron chi connectivity index (χ4n) is 1.18. The molecule has 1 rings (SSSR count). The molecule has 1 atom stereocenters. The third kappa shape index (κ3) is 4.23. The minimum Gasteiger partial charge on any atom is -0.455 e. The predicted molar refractivity (Wildman–Crippen MR) is 59.5 cm³/mol. The van der Waals surface area contributed by atoms with Crippen molar-refractivity contribution in [1.29, 1.82) is 0 Å². The highest BCUT2D eigenvalue weighted by Crippen LogP contribution is 2.01. The highest BCUT2D eigenvalue weighted by molar-refractivity contribution is 6.33. The van der Waals surface area contributed by atoms with E-state index >= 15 is 0 Å². The molecule has 16 heavy (non-hydrogen) atoms. The zero-order chi connectivity index (χ0) is 12.0. The van der Waals surface area contributed by atoms with E-state index in [4.69, 9.17) is 10.5 Å². The summed E-state index contributed by atoms with van der Waals surface area (Å²) in [6.07, 6.45) is 0.0215. The third-order valence-corrected chi connectivity index (χ3v) is 1.95. The van der Waals surface area contributed by atoms with Crippen LogP contribution in [-0.4, -0.2) is 17.8 Å². The van der Waals surface area contributed by atoms with Gasteiger partial charge in [0.05, 0.1) is 0 Å². The Morgan fingerprint density at radius 1 is 1.31 bits per heavy atom. The number of ether oxygens (including phenoxy) is 1. The van der Waals surface area contributed by atoms with Gasteiger partial charge in [0, 0.05) is 12.5 Å². The van der Waals surface area contributed by atoms with Crippen LogP contribution in [0.3, 0.4) is 0 Å². The maximum Gasteiger partial charge on any atom is 0.374 e. The first-order chi connectivity index (χ1) is 7.59. The molecule has 0 radical (unpaired) electrons. The molecule has 0 spiro atoms. The van der Waals surface area contributed by atoms with Gasteiger partial charge in [-0.25, -0.2) is 4.79 Å². The molecule has 0 aliphatic rings. The summed E-state index contributed by atoms with van der Waals surface area (Å²) >= 11 is 0. The van der Waals surface area contributed by atoms with Crippen LogP contribution in [0.15, 0.2) is 30.3 Å². The predicted octanol–water partition coefficient (Wildman–Crippen LogP) is 1.04. The number of carbonyl (C=O) groups excluding carboxylic acids is 2. The average Bonchev–Trinajstić information content (AvgIpc) is 2.26. The smallest absolute Gasteiger partial charge is 0.374 e. The number of carbonyl (C=O) groups is 2. The lowest BCUT2D eigenvalue weighted by Crippen LogP contribution is -2.26. The molecule has 0 amide bonds. The number of ketones is 1. The highest BCUT2D eigenvalue weighted by atomic mass is 16.5. The van der Waals surface area contributed by atoms with Crippen molar-refractivity contribution >= 4 is 11.8 Å². The minimum atomic E-state index is -0.818. The van der Waals surface area contributed by atoms with E-state index in [0.29, 0.717) is 0 Å². The molecule has 0 aliphatic heterocycles. The van der Waals surface area contributed by atoms with Crippen LogP contribution in [0.25, 0.3) is 0 Å². The van der Waals surface area contributed by atoms with Crippen LogP contribution in [0.5, 0.6) is 0 Å². The number of nitrogens with two attached hydrogens (primary N) is 1. The van der Waals surface area contributed by atoms with Gasteiger partial charge in [-0.1, -0.05) is 30.3 Å². The molecule has 1 aromatic carbocycles. The molecule has 1 unspecified atom stereocenters. The Bertz CT molecular complexity index is 360. The first-order valence-corrected chi connectivity index (χ1v) is 5.09. The molecule has 86 valence electrons. The second-order valence-electron chi connectivity index (χ2n) is 3.67. The van der Waals surface area contributed by atoms with E-state index in [-0.39, 0.29) is 19.1 Å². The van der Waals surface area contributed by atoms with Gasteiger partial charge in [-0.2, -0.15) is 0 Å². The molecule has 0 saturated carbocycles. The van der Waals surface area contributed by atoms with E-state index in [1.165, 1.54) is 0 Å². The van der Waals surface area contributed by atoms with E-state index < -0.39 is 11.8 Å². The van der Waals surface area contributed by atoms with E-state index in [9.17, 15) is 9.59 Å². The SMILES string of the molecule is CC(N)CC(=O)C(=O)OCc1ccccc1. The Morgan fingerprint density at radius 2 is 1.94 bits per heavy atom. The molecule has 0 aromatic heterocycles. The van der Waals surface area contributed by atoms with E-state index in [2.05, 4.69) is 0 Å². The lowest BCUT2D eigenvalue weighted by molar-refractivity contribution is -0.155. The summed E-state index contributed by atoms with van der Waals surface area (Å²) in [4.78, 5) is 22.4. The summed E-state index contributed by atoms with van der Waals surface area (Å²) in [5.41, 5.74) is 6.26. The van der Waals surface area contributed by atoms with Crippen LogP contribution < -0.4 is 5.73 Å². The summed E-state index contributed by atoms with van der Waals surface area (Å²) in [6.45, 7) is 1.78. The van der Waals surface area contributed by atoms with E-state index in [0.717, 1.165) is 5.56 Å². The summed E-state index contributed by atoms with van der Waals surface area (Å²) in [5.74, 6) is -1.40. The van der Waals surface area contributed by atoms with E-state index in [1.54, 1.807) is 6.92 Å². The Morgan fingerprint density at radius 3 is 2.50 bits per heavy atom. The van der Waals surface area contributed by atoms with Crippen molar-refractivity contribution in [3.8, 4) is 0 Å². The van der Waals surface area contributed by atoms with Gasteiger partial charge in [-0.3, -0.25) is 4.79 Å². The number of benzene rings is 1. The molecule has 4 nitrogen and oxygen atoms in total. The first kappa shape index (κ1) is 12.4. The molecule has 2 N–H and O–H groups in total.